The van der Waals surface area contributed by atoms with Crippen LogP contribution < -0.4 is 0 Å². The second kappa shape index (κ2) is 6.16. The summed E-state index contributed by atoms with van der Waals surface area (Å²) in [5.41, 5.74) is 0.848. The van der Waals surface area contributed by atoms with Crippen molar-refractivity contribution in [1.82, 2.24) is 9.88 Å². The Morgan fingerprint density at radius 2 is 1.88 bits per heavy atom. The highest BCUT2D eigenvalue weighted by Crippen LogP contribution is 2.37. The first-order valence-corrected chi connectivity index (χ1v) is 9.90. The highest BCUT2D eigenvalue weighted by molar-refractivity contribution is 7.21. The fourth-order valence-electron chi connectivity index (χ4n) is 3.77. The highest BCUT2D eigenvalue weighted by Gasteiger charge is 2.41. The van der Waals surface area contributed by atoms with Crippen LogP contribution in [0.4, 0.5) is 0 Å². The molecule has 5 rings (SSSR count). The molecule has 1 amide bonds. The van der Waals surface area contributed by atoms with Crippen molar-refractivity contribution in [2.75, 3.05) is 26.3 Å². The van der Waals surface area contributed by atoms with E-state index in [1.165, 1.54) is 11.3 Å². The number of para-hydroxylation sites is 1. The highest BCUT2D eigenvalue weighted by atomic mass is 35.5. The number of rotatable bonds is 1. The van der Waals surface area contributed by atoms with Gasteiger partial charge in [-0.1, -0.05) is 29.8 Å². The van der Waals surface area contributed by atoms with Gasteiger partial charge in [-0.05, 0) is 12.1 Å². The van der Waals surface area contributed by atoms with Gasteiger partial charge < -0.3 is 14.4 Å². The molecule has 0 radical (unpaired) electrons. The van der Waals surface area contributed by atoms with Crippen LogP contribution >= 0.6 is 22.9 Å². The first-order chi connectivity index (χ1) is 12.7. The number of nitrogens with zero attached hydrogens (tertiary/aromatic N) is 2. The molecule has 2 aliphatic rings. The minimum atomic E-state index is -0.472. The second-order valence-corrected chi connectivity index (χ2v) is 8.08. The number of fused-ring (bicyclic) bond motifs is 3. The lowest BCUT2D eigenvalue weighted by Crippen LogP contribution is -2.47. The molecule has 2 aromatic heterocycles. The van der Waals surface area contributed by atoms with Crippen molar-refractivity contribution >= 4 is 49.8 Å². The second-order valence-electron chi connectivity index (χ2n) is 6.67. The van der Waals surface area contributed by atoms with E-state index in [0.29, 0.717) is 36.3 Å². The Kier molecular flexibility index (Phi) is 3.90. The number of hydrogen-bond acceptors (Lipinski definition) is 5. The summed E-state index contributed by atoms with van der Waals surface area (Å²) in [7, 11) is 0. The zero-order chi connectivity index (χ0) is 17.7. The van der Waals surface area contributed by atoms with Crippen LogP contribution in [0.15, 0.2) is 30.3 Å². The largest absolute Gasteiger partial charge is 0.347 e. The van der Waals surface area contributed by atoms with Crippen molar-refractivity contribution in [2.45, 2.75) is 18.6 Å². The number of likely N-dealkylation sites (tertiary alicyclic amines) is 1. The first-order valence-electron chi connectivity index (χ1n) is 8.70. The Labute approximate surface area is 159 Å². The van der Waals surface area contributed by atoms with Crippen molar-refractivity contribution in [3.63, 3.8) is 0 Å². The van der Waals surface area contributed by atoms with Crippen molar-refractivity contribution < 1.29 is 14.3 Å². The van der Waals surface area contributed by atoms with Crippen LogP contribution in [0.25, 0.3) is 21.0 Å². The van der Waals surface area contributed by atoms with Gasteiger partial charge in [0.2, 0.25) is 0 Å². The van der Waals surface area contributed by atoms with E-state index in [-0.39, 0.29) is 5.91 Å². The molecule has 2 aliphatic heterocycles. The molecule has 2 saturated heterocycles. The molecule has 4 heterocycles. The zero-order valence-electron chi connectivity index (χ0n) is 14.0. The quantitative estimate of drug-likeness (QED) is 0.589. The lowest BCUT2D eigenvalue weighted by atomic mass is 10.0. The van der Waals surface area contributed by atoms with Crippen LogP contribution in [-0.2, 0) is 9.47 Å². The van der Waals surface area contributed by atoms with Crippen LogP contribution in [0, 0.1) is 0 Å². The number of aromatic nitrogens is 1. The van der Waals surface area contributed by atoms with E-state index in [2.05, 4.69) is 4.98 Å². The number of benzene rings is 1. The predicted molar refractivity (Wildman–Crippen MR) is 102 cm³/mol. The molecule has 0 bridgehead atoms. The van der Waals surface area contributed by atoms with Gasteiger partial charge in [0.05, 0.1) is 23.6 Å². The maximum atomic E-state index is 13.0. The van der Waals surface area contributed by atoms with Crippen LogP contribution in [0.1, 0.15) is 22.5 Å². The third-order valence-corrected chi connectivity index (χ3v) is 6.60. The number of hydrogen-bond donors (Lipinski definition) is 0. The van der Waals surface area contributed by atoms with Crippen LogP contribution in [-0.4, -0.2) is 47.9 Å². The van der Waals surface area contributed by atoms with E-state index in [1.807, 2.05) is 35.2 Å². The van der Waals surface area contributed by atoms with E-state index in [0.717, 1.165) is 33.8 Å². The lowest BCUT2D eigenvalue weighted by Gasteiger charge is -2.37. The average molecular weight is 389 g/mol. The van der Waals surface area contributed by atoms with Gasteiger partial charge in [0.1, 0.15) is 5.15 Å². The van der Waals surface area contributed by atoms with Crippen LogP contribution in [0.3, 0.4) is 0 Å². The van der Waals surface area contributed by atoms with Crippen LogP contribution in [0.5, 0.6) is 0 Å². The minimum Gasteiger partial charge on any atom is -0.347 e. The third-order valence-electron chi connectivity index (χ3n) is 5.16. The molecular weight excluding hydrogens is 372 g/mol. The molecule has 0 unspecified atom stereocenters. The Morgan fingerprint density at radius 1 is 1.15 bits per heavy atom. The Morgan fingerprint density at radius 3 is 2.65 bits per heavy atom. The minimum absolute atomic E-state index is 0.0409. The SMILES string of the molecule is O=C(c1cc2c(Cl)nc3ccccc3c2s1)N1CCC2(CC1)OCCO2. The molecule has 7 heteroatoms. The average Bonchev–Trinajstić information content (AvgIpc) is 3.30. The van der Waals surface area contributed by atoms with Gasteiger partial charge >= 0.3 is 0 Å². The summed E-state index contributed by atoms with van der Waals surface area (Å²) in [6.07, 6.45) is 1.43. The summed E-state index contributed by atoms with van der Waals surface area (Å²) in [6, 6.07) is 9.74. The molecule has 3 aromatic rings. The fourth-order valence-corrected chi connectivity index (χ4v) is 5.23. The number of amides is 1. The number of ether oxygens (including phenoxy) is 2. The maximum Gasteiger partial charge on any atom is 0.263 e. The van der Waals surface area contributed by atoms with Crippen molar-refractivity contribution in [2.24, 2.45) is 0 Å². The number of halogens is 1. The van der Waals surface area contributed by atoms with Gasteiger partial charge in [-0.2, -0.15) is 0 Å². The summed E-state index contributed by atoms with van der Waals surface area (Å²) >= 11 is 7.85. The van der Waals surface area contributed by atoms with Gasteiger partial charge in [0.25, 0.3) is 5.91 Å². The molecule has 5 nitrogen and oxygen atoms in total. The summed E-state index contributed by atoms with van der Waals surface area (Å²) in [6.45, 7) is 2.56. The monoisotopic (exact) mass is 388 g/mol. The van der Waals surface area contributed by atoms with Gasteiger partial charge in [0, 0.05) is 41.4 Å². The lowest BCUT2D eigenvalue weighted by molar-refractivity contribution is -0.181. The van der Waals surface area contributed by atoms with Crippen molar-refractivity contribution in [3.05, 3.63) is 40.4 Å². The molecule has 134 valence electrons. The van der Waals surface area contributed by atoms with E-state index in [4.69, 9.17) is 21.1 Å². The Bertz CT molecular complexity index is 1000. The number of thiophene rings is 1. The molecule has 2 fully saturated rings. The van der Waals surface area contributed by atoms with Gasteiger partial charge in [0.15, 0.2) is 5.79 Å². The number of piperidine rings is 1. The molecular formula is C19H17ClN2O3S. The normalized spacial score (nSPS) is 19.7. The Balaban J connectivity index is 1.46. The molecule has 0 N–H and O–H groups in total. The molecule has 0 atom stereocenters. The Hall–Kier alpha value is -1.73. The summed E-state index contributed by atoms with van der Waals surface area (Å²) in [5, 5.41) is 2.32. The topological polar surface area (TPSA) is 51.7 Å². The van der Waals surface area contributed by atoms with E-state index < -0.39 is 5.79 Å². The number of carbonyl (C=O) groups excluding carboxylic acids is 1. The maximum absolute atomic E-state index is 13.0. The first kappa shape index (κ1) is 16.4. The molecule has 1 aromatic carbocycles. The van der Waals surface area contributed by atoms with Crippen molar-refractivity contribution in [1.29, 1.82) is 0 Å². The number of pyridine rings is 1. The smallest absolute Gasteiger partial charge is 0.263 e. The zero-order valence-corrected chi connectivity index (χ0v) is 15.6. The van der Waals surface area contributed by atoms with E-state index in [1.54, 1.807) is 0 Å². The molecule has 1 spiro atoms. The summed E-state index contributed by atoms with van der Waals surface area (Å²) in [4.78, 5) is 20.0. The van der Waals surface area contributed by atoms with Gasteiger partial charge in [-0.25, -0.2) is 4.98 Å². The summed E-state index contributed by atoms with van der Waals surface area (Å²) < 4.78 is 12.5. The summed E-state index contributed by atoms with van der Waals surface area (Å²) in [5.74, 6) is -0.431. The molecule has 0 saturated carbocycles. The van der Waals surface area contributed by atoms with E-state index >= 15 is 0 Å². The third kappa shape index (κ3) is 2.60. The van der Waals surface area contributed by atoms with Crippen molar-refractivity contribution in [3.8, 4) is 0 Å². The fraction of sp³-hybridized carbons (Fsp3) is 0.368. The van der Waals surface area contributed by atoms with Gasteiger partial charge in [-0.15, -0.1) is 11.3 Å². The number of carbonyl (C=O) groups is 1. The molecule has 26 heavy (non-hydrogen) atoms. The van der Waals surface area contributed by atoms with Crippen LogP contribution in [0.2, 0.25) is 5.15 Å². The van der Waals surface area contributed by atoms with Gasteiger partial charge in [-0.3, -0.25) is 4.79 Å². The molecule has 0 aliphatic carbocycles. The standard InChI is InChI=1S/C19H17ClN2O3S/c20-17-13-11-15(26-16(13)12-3-1-2-4-14(12)21-17)18(23)22-7-5-19(6-8-22)24-9-10-25-19/h1-4,11H,5-10H2. The van der Waals surface area contributed by atoms with E-state index in [9.17, 15) is 4.79 Å². The predicted octanol–water partition coefficient (Wildman–Crippen LogP) is 4.08.